The van der Waals surface area contributed by atoms with Crippen LogP contribution >= 0.6 is 0 Å². The number of nitrogens with one attached hydrogen (secondary N) is 2. The minimum absolute atomic E-state index is 0.227. The Kier molecular flexibility index (Phi) is 4.32. The van der Waals surface area contributed by atoms with Gasteiger partial charge in [0.15, 0.2) is 5.96 Å². The number of nitrogens with zero attached hydrogens (tertiary/aromatic N) is 2. The molecule has 2 atom stereocenters. The molecule has 2 aliphatic rings. The van der Waals surface area contributed by atoms with Gasteiger partial charge in [0.1, 0.15) is 0 Å². The first kappa shape index (κ1) is 15.5. The lowest BCUT2D eigenvalue weighted by atomic mass is 10.1. The zero-order valence-electron chi connectivity index (χ0n) is 13.5. The highest BCUT2D eigenvalue weighted by atomic mass is 16.2. The monoisotopic (exact) mass is 314 g/mol. The third kappa shape index (κ3) is 3.21. The van der Waals surface area contributed by atoms with E-state index in [1.54, 1.807) is 24.3 Å². The Balaban J connectivity index is 1.60. The molecule has 0 aromatic heterocycles. The molecule has 2 unspecified atom stereocenters. The Morgan fingerprint density at radius 3 is 2.39 bits per heavy atom. The van der Waals surface area contributed by atoms with Crippen molar-refractivity contribution in [2.75, 3.05) is 19.6 Å². The van der Waals surface area contributed by atoms with E-state index in [0.29, 0.717) is 36.2 Å². The predicted molar refractivity (Wildman–Crippen MR) is 88.5 cm³/mol. The van der Waals surface area contributed by atoms with Crippen LogP contribution in [0.2, 0.25) is 0 Å². The number of carbonyl (C=O) groups is 2. The number of guanidine groups is 1. The lowest BCUT2D eigenvalue weighted by molar-refractivity contribution is 0.0659. The normalized spacial score (nSPS) is 23.0. The molecule has 1 aromatic carbocycles. The van der Waals surface area contributed by atoms with Crippen LogP contribution in [-0.2, 0) is 0 Å². The van der Waals surface area contributed by atoms with Crippen molar-refractivity contribution in [1.82, 2.24) is 15.5 Å². The summed E-state index contributed by atoms with van der Waals surface area (Å²) in [6, 6.07) is 7.41. The maximum Gasteiger partial charge on any atom is 0.261 e. The Bertz CT molecular complexity index is 621. The predicted octanol–water partition coefficient (Wildman–Crippen LogP) is 1.25. The highest BCUT2D eigenvalue weighted by Gasteiger charge is 2.35. The fourth-order valence-electron chi connectivity index (χ4n) is 2.72. The molecule has 6 heteroatoms. The fraction of sp³-hybridized carbons (Fsp3) is 0.471. The summed E-state index contributed by atoms with van der Waals surface area (Å²) in [4.78, 5) is 30.3. The average molecular weight is 314 g/mol. The van der Waals surface area contributed by atoms with Crippen molar-refractivity contribution in [3.63, 3.8) is 0 Å². The zero-order valence-corrected chi connectivity index (χ0v) is 13.5. The van der Waals surface area contributed by atoms with Crippen LogP contribution < -0.4 is 10.6 Å². The van der Waals surface area contributed by atoms with E-state index in [9.17, 15) is 9.59 Å². The van der Waals surface area contributed by atoms with Crippen LogP contribution in [0.25, 0.3) is 0 Å². The number of imide groups is 1. The molecule has 3 rings (SSSR count). The van der Waals surface area contributed by atoms with Crippen molar-refractivity contribution in [2.45, 2.75) is 26.3 Å². The molecular formula is C17H22N4O2. The molecule has 2 amide bonds. The zero-order chi connectivity index (χ0) is 16.4. The smallest absolute Gasteiger partial charge is 0.261 e. The van der Waals surface area contributed by atoms with Gasteiger partial charge in [-0.25, -0.2) is 0 Å². The van der Waals surface area contributed by atoms with Gasteiger partial charge in [0.2, 0.25) is 0 Å². The molecule has 1 heterocycles. The van der Waals surface area contributed by atoms with Crippen LogP contribution in [0.5, 0.6) is 0 Å². The Labute approximate surface area is 136 Å². The Morgan fingerprint density at radius 2 is 1.87 bits per heavy atom. The van der Waals surface area contributed by atoms with Crippen molar-refractivity contribution in [3.05, 3.63) is 35.4 Å². The highest BCUT2D eigenvalue weighted by molar-refractivity contribution is 6.21. The molecule has 1 aliphatic heterocycles. The summed E-state index contributed by atoms with van der Waals surface area (Å²) in [7, 11) is 0. The minimum Gasteiger partial charge on any atom is -0.357 e. The van der Waals surface area contributed by atoms with Crippen molar-refractivity contribution >= 4 is 17.8 Å². The molecule has 0 saturated heterocycles. The number of carbonyl (C=O) groups excluding carboxylic acids is 2. The van der Waals surface area contributed by atoms with E-state index in [1.165, 1.54) is 4.90 Å². The van der Waals surface area contributed by atoms with Crippen LogP contribution in [0.4, 0.5) is 0 Å². The third-order valence-electron chi connectivity index (χ3n) is 4.25. The van der Waals surface area contributed by atoms with Crippen LogP contribution in [0.3, 0.4) is 0 Å². The van der Waals surface area contributed by atoms with E-state index < -0.39 is 0 Å². The molecular weight excluding hydrogens is 292 g/mol. The first-order chi connectivity index (χ1) is 11.1. The molecule has 1 aromatic rings. The molecule has 6 nitrogen and oxygen atoms in total. The second kappa shape index (κ2) is 6.40. The topological polar surface area (TPSA) is 73.8 Å². The summed E-state index contributed by atoms with van der Waals surface area (Å²) in [6.45, 7) is 5.67. The molecule has 0 radical (unpaired) electrons. The molecule has 0 bridgehead atoms. The summed E-state index contributed by atoms with van der Waals surface area (Å²) in [6.07, 6.45) is 1.16. The maximum absolute atomic E-state index is 12.3. The minimum atomic E-state index is -0.227. The van der Waals surface area contributed by atoms with Crippen LogP contribution in [-0.4, -0.2) is 48.3 Å². The van der Waals surface area contributed by atoms with Gasteiger partial charge >= 0.3 is 0 Å². The van der Waals surface area contributed by atoms with Crippen molar-refractivity contribution in [3.8, 4) is 0 Å². The van der Waals surface area contributed by atoms with Gasteiger partial charge in [0, 0.05) is 19.1 Å². The van der Waals surface area contributed by atoms with E-state index in [1.807, 2.05) is 6.92 Å². The molecule has 23 heavy (non-hydrogen) atoms. The van der Waals surface area contributed by atoms with Crippen LogP contribution in [0, 0.1) is 5.92 Å². The fourth-order valence-corrected chi connectivity index (χ4v) is 2.72. The van der Waals surface area contributed by atoms with E-state index in [2.05, 4.69) is 22.5 Å². The van der Waals surface area contributed by atoms with Gasteiger partial charge in [-0.15, -0.1) is 0 Å². The highest BCUT2D eigenvalue weighted by Crippen LogP contribution is 2.28. The standard InChI is InChI=1S/C17H22N4O2/c1-3-18-17(20-14-10-11(14)2)19-8-9-21-15(22)12-6-4-5-7-13(12)16(21)23/h4-7,11,14H,3,8-10H2,1-2H3,(H2,18,19,20). The van der Waals surface area contributed by atoms with Gasteiger partial charge in [-0.2, -0.15) is 0 Å². The second-order valence-corrected chi connectivity index (χ2v) is 6.03. The largest absolute Gasteiger partial charge is 0.357 e. The lowest BCUT2D eigenvalue weighted by Crippen LogP contribution is -2.40. The Morgan fingerprint density at radius 1 is 1.26 bits per heavy atom. The second-order valence-electron chi connectivity index (χ2n) is 6.03. The van der Waals surface area contributed by atoms with Crippen molar-refractivity contribution < 1.29 is 9.59 Å². The molecule has 1 saturated carbocycles. The first-order valence-corrected chi connectivity index (χ1v) is 8.12. The number of hydrogen-bond acceptors (Lipinski definition) is 3. The van der Waals surface area contributed by atoms with E-state index in [-0.39, 0.29) is 11.8 Å². The van der Waals surface area contributed by atoms with Crippen molar-refractivity contribution in [2.24, 2.45) is 10.9 Å². The number of amides is 2. The van der Waals surface area contributed by atoms with E-state index in [4.69, 9.17) is 0 Å². The van der Waals surface area contributed by atoms with Gasteiger partial charge in [0.05, 0.1) is 17.7 Å². The third-order valence-corrected chi connectivity index (χ3v) is 4.25. The number of hydrogen-bond donors (Lipinski definition) is 2. The number of rotatable bonds is 5. The summed E-state index contributed by atoms with van der Waals surface area (Å²) >= 11 is 0. The molecule has 0 spiro atoms. The van der Waals surface area contributed by atoms with Gasteiger partial charge in [0.25, 0.3) is 11.8 Å². The summed E-state index contributed by atoms with van der Waals surface area (Å²) in [5.74, 6) is 0.970. The number of fused-ring (bicyclic) bond motifs is 1. The number of benzene rings is 1. The first-order valence-electron chi connectivity index (χ1n) is 8.12. The lowest BCUT2D eigenvalue weighted by Gasteiger charge is -2.14. The van der Waals surface area contributed by atoms with Gasteiger partial charge < -0.3 is 10.6 Å². The van der Waals surface area contributed by atoms with Gasteiger partial charge in [-0.05, 0) is 31.4 Å². The van der Waals surface area contributed by atoms with Crippen LogP contribution in [0.15, 0.2) is 29.3 Å². The summed E-state index contributed by atoms with van der Waals surface area (Å²) < 4.78 is 0. The van der Waals surface area contributed by atoms with E-state index in [0.717, 1.165) is 18.9 Å². The molecule has 1 aliphatic carbocycles. The molecule has 2 N–H and O–H groups in total. The quantitative estimate of drug-likeness (QED) is 0.487. The average Bonchev–Trinajstić information content (AvgIpc) is 3.19. The Hall–Kier alpha value is -2.37. The molecule has 1 fully saturated rings. The maximum atomic E-state index is 12.3. The SMILES string of the molecule is CCNC(=NCCN1C(=O)c2ccccc2C1=O)NC1CC1C. The van der Waals surface area contributed by atoms with Crippen molar-refractivity contribution in [1.29, 1.82) is 0 Å². The van der Waals surface area contributed by atoms with Gasteiger partial charge in [-0.3, -0.25) is 19.5 Å². The molecule has 122 valence electrons. The summed E-state index contributed by atoms with van der Waals surface area (Å²) in [5.41, 5.74) is 0.969. The van der Waals surface area contributed by atoms with Gasteiger partial charge in [-0.1, -0.05) is 19.1 Å². The number of aliphatic imine (C=N–C) groups is 1. The van der Waals surface area contributed by atoms with E-state index >= 15 is 0 Å². The van der Waals surface area contributed by atoms with Crippen LogP contribution in [0.1, 0.15) is 41.0 Å². The summed E-state index contributed by atoms with van der Waals surface area (Å²) in [5, 5.41) is 6.55.